The average Bonchev–Trinajstić information content (AvgIpc) is 2.09. The van der Waals surface area contributed by atoms with E-state index < -0.39 is 5.91 Å². The molecule has 1 aromatic rings. The minimum atomic E-state index is -0.477. The zero-order valence-electron chi connectivity index (χ0n) is 6.80. The molecular formula is C8H7Br2NO2. The number of hydrogen-bond donors (Lipinski definition) is 1. The normalized spacial score (nSPS) is 9.77. The second-order valence-electron chi connectivity index (χ2n) is 2.31. The molecule has 0 fully saturated rings. The molecule has 0 unspecified atom stereocenters. The molecule has 1 aromatic carbocycles. The molecule has 0 aliphatic heterocycles. The summed E-state index contributed by atoms with van der Waals surface area (Å²) in [4.78, 5) is 10.9. The molecule has 3 nitrogen and oxygen atoms in total. The van der Waals surface area contributed by atoms with Gasteiger partial charge in [0.2, 0.25) is 5.91 Å². The van der Waals surface area contributed by atoms with Crippen LogP contribution < -0.4 is 10.5 Å². The van der Waals surface area contributed by atoms with Crippen molar-refractivity contribution in [2.45, 2.75) is 0 Å². The van der Waals surface area contributed by atoms with E-state index in [0.717, 1.165) is 0 Å². The lowest BCUT2D eigenvalue weighted by Crippen LogP contribution is -2.11. The van der Waals surface area contributed by atoms with Crippen molar-refractivity contribution >= 4 is 37.8 Å². The highest BCUT2D eigenvalue weighted by atomic mass is 79.9. The van der Waals surface area contributed by atoms with E-state index >= 15 is 0 Å². The number of carbonyl (C=O) groups is 1. The molecule has 0 heterocycles. The van der Waals surface area contributed by atoms with Crippen molar-refractivity contribution in [1.82, 2.24) is 0 Å². The molecule has 0 atom stereocenters. The molecule has 0 aliphatic rings. The molecule has 0 spiro atoms. The van der Waals surface area contributed by atoms with Crippen molar-refractivity contribution in [2.24, 2.45) is 5.73 Å². The first-order valence-electron chi connectivity index (χ1n) is 3.39. The van der Waals surface area contributed by atoms with Gasteiger partial charge in [0, 0.05) is 4.47 Å². The van der Waals surface area contributed by atoms with E-state index in [2.05, 4.69) is 31.9 Å². The minimum absolute atomic E-state index is 0.424. The molecule has 0 radical (unpaired) electrons. The highest BCUT2D eigenvalue weighted by molar-refractivity contribution is 9.13. The number of hydrogen-bond acceptors (Lipinski definition) is 2. The monoisotopic (exact) mass is 307 g/mol. The van der Waals surface area contributed by atoms with Gasteiger partial charge in [0.1, 0.15) is 5.75 Å². The first-order chi connectivity index (χ1) is 6.07. The van der Waals surface area contributed by atoms with E-state index in [-0.39, 0.29) is 0 Å². The number of primary amides is 1. The van der Waals surface area contributed by atoms with Crippen LogP contribution in [0.15, 0.2) is 21.1 Å². The third kappa shape index (κ3) is 2.03. The van der Waals surface area contributed by atoms with Crippen molar-refractivity contribution in [1.29, 1.82) is 0 Å². The van der Waals surface area contributed by atoms with E-state index in [1.807, 2.05) is 0 Å². The van der Waals surface area contributed by atoms with Crippen LogP contribution >= 0.6 is 31.9 Å². The Kier molecular flexibility index (Phi) is 3.33. The fraction of sp³-hybridized carbons (Fsp3) is 0.125. The summed E-state index contributed by atoms with van der Waals surface area (Å²) >= 11 is 6.52. The number of halogens is 2. The van der Waals surface area contributed by atoms with Gasteiger partial charge in [-0.2, -0.15) is 0 Å². The quantitative estimate of drug-likeness (QED) is 0.911. The van der Waals surface area contributed by atoms with Crippen molar-refractivity contribution in [3.63, 3.8) is 0 Å². The topological polar surface area (TPSA) is 52.3 Å². The van der Waals surface area contributed by atoms with Crippen LogP contribution in [0.25, 0.3) is 0 Å². The SMILES string of the molecule is COc1ccc(C(N)=O)c(Br)c1Br. The lowest BCUT2D eigenvalue weighted by Gasteiger charge is -2.07. The maximum absolute atomic E-state index is 10.9. The predicted octanol–water partition coefficient (Wildman–Crippen LogP) is 2.32. The molecule has 13 heavy (non-hydrogen) atoms. The second-order valence-corrected chi connectivity index (χ2v) is 3.89. The van der Waals surface area contributed by atoms with Crippen molar-refractivity contribution in [3.05, 3.63) is 26.6 Å². The van der Waals surface area contributed by atoms with Crippen LogP contribution in [0.1, 0.15) is 10.4 Å². The number of carbonyl (C=O) groups excluding carboxylic acids is 1. The van der Waals surface area contributed by atoms with Crippen LogP contribution in [0, 0.1) is 0 Å². The number of benzene rings is 1. The van der Waals surface area contributed by atoms with Crippen molar-refractivity contribution in [2.75, 3.05) is 7.11 Å². The highest BCUT2D eigenvalue weighted by Crippen LogP contribution is 2.34. The first kappa shape index (κ1) is 10.5. The second kappa shape index (κ2) is 4.11. The molecule has 0 aliphatic carbocycles. The number of rotatable bonds is 2. The summed E-state index contributed by atoms with van der Waals surface area (Å²) in [7, 11) is 1.55. The van der Waals surface area contributed by atoms with Gasteiger partial charge in [-0.15, -0.1) is 0 Å². The first-order valence-corrected chi connectivity index (χ1v) is 4.98. The third-order valence-electron chi connectivity index (χ3n) is 1.53. The van der Waals surface area contributed by atoms with E-state index in [4.69, 9.17) is 10.5 Å². The smallest absolute Gasteiger partial charge is 0.249 e. The maximum atomic E-state index is 10.9. The standard InChI is InChI=1S/C8H7Br2NO2/c1-13-5-3-2-4(8(11)12)6(9)7(5)10/h2-3H,1H3,(H2,11,12). The highest BCUT2D eigenvalue weighted by Gasteiger charge is 2.12. The van der Waals surface area contributed by atoms with Gasteiger partial charge < -0.3 is 10.5 Å². The summed E-state index contributed by atoms with van der Waals surface area (Å²) in [5.41, 5.74) is 5.57. The lowest BCUT2D eigenvalue weighted by molar-refractivity contribution is 0.0999. The Balaban J connectivity index is 3.31. The Morgan fingerprint density at radius 2 is 2.00 bits per heavy atom. The molecule has 1 rings (SSSR count). The van der Waals surface area contributed by atoms with Gasteiger partial charge >= 0.3 is 0 Å². The predicted molar refractivity (Wildman–Crippen MR) is 56.9 cm³/mol. The number of amides is 1. The van der Waals surface area contributed by atoms with Gasteiger partial charge in [0.05, 0.1) is 17.1 Å². The van der Waals surface area contributed by atoms with Gasteiger partial charge in [-0.3, -0.25) is 4.79 Å². The number of ether oxygens (including phenoxy) is 1. The van der Waals surface area contributed by atoms with Crippen LogP contribution in [-0.4, -0.2) is 13.0 Å². The molecule has 2 N–H and O–H groups in total. The van der Waals surface area contributed by atoms with Crippen molar-refractivity contribution < 1.29 is 9.53 Å². The molecule has 1 amide bonds. The lowest BCUT2D eigenvalue weighted by atomic mass is 10.2. The zero-order chi connectivity index (χ0) is 10.0. The Morgan fingerprint density at radius 3 is 2.46 bits per heavy atom. The van der Waals surface area contributed by atoms with Gasteiger partial charge in [0.15, 0.2) is 0 Å². The Labute approximate surface area is 92.5 Å². The average molecular weight is 309 g/mol. The van der Waals surface area contributed by atoms with Crippen molar-refractivity contribution in [3.8, 4) is 5.75 Å². The fourth-order valence-electron chi connectivity index (χ4n) is 0.880. The van der Waals surface area contributed by atoms with E-state index in [1.165, 1.54) is 0 Å². The summed E-state index contributed by atoms with van der Waals surface area (Å²) < 4.78 is 6.33. The molecule has 0 aromatic heterocycles. The summed E-state index contributed by atoms with van der Waals surface area (Å²) in [5, 5.41) is 0. The van der Waals surface area contributed by atoms with Crippen LogP contribution in [0.2, 0.25) is 0 Å². The molecule has 70 valence electrons. The van der Waals surface area contributed by atoms with E-state index in [0.29, 0.717) is 20.3 Å². The number of nitrogens with two attached hydrogens (primary N) is 1. The van der Waals surface area contributed by atoms with Crippen LogP contribution in [-0.2, 0) is 0 Å². The van der Waals surface area contributed by atoms with Crippen LogP contribution in [0.3, 0.4) is 0 Å². The largest absolute Gasteiger partial charge is 0.496 e. The molecular weight excluding hydrogens is 302 g/mol. The van der Waals surface area contributed by atoms with Crippen LogP contribution in [0.5, 0.6) is 5.75 Å². The summed E-state index contributed by atoms with van der Waals surface area (Å²) in [5.74, 6) is 0.173. The summed E-state index contributed by atoms with van der Waals surface area (Å²) in [6.07, 6.45) is 0. The summed E-state index contributed by atoms with van der Waals surface area (Å²) in [6, 6.07) is 3.28. The Hall–Kier alpha value is -0.550. The van der Waals surface area contributed by atoms with Gasteiger partial charge in [0.25, 0.3) is 0 Å². The van der Waals surface area contributed by atoms with Crippen LogP contribution in [0.4, 0.5) is 0 Å². The molecule has 0 bridgehead atoms. The Bertz CT molecular complexity index is 352. The fourth-order valence-corrected chi connectivity index (χ4v) is 1.91. The van der Waals surface area contributed by atoms with E-state index in [9.17, 15) is 4.79 Å². The molecule has 5 heteroatoms. The van der Waals surface area contributed by atoms with Gasteiger partial charge in [-0.05, 0) is 44.0 Å². The minimum Gasteiger partial charge on any atom is -0.496 e. The third-order valence-corrected chi connectivity index (χ3v) is 3.68. The number of methoxy groups -OCH3 is 1. The summed E-state index contributed by atoms with van der Waals surface area (Å²) in [6.45, 7) is 0. The van der Waals surface area contributed by atoms with Gasteiger partial charge in [-0.25, -0.2) is 0 Å². The van der Waals surface area contributed by atoms with E-state index in [1.54, 1.807) is 19.2 Å². The Morgan fingerprint density at radius 1 is 1.38 bits per heavy atom. The molecule has 0 saturated carbocycles. The maximum Gasteiger partial charge on any atom is 0.249 e. The molecule has 0 saturated heterocycles. The zero-order valence-corrected chi connectivity index (χ0v) is 9.98. The van der Waals surface area contributed by atoms with Gasteiger partial charge in [-0.1, -0.05) is 0 Å².